The summed E-state index contributed by atoms with van der Waals surface area (Å²) in [6, 6.07) is 15.1. The summed E-state index contributed by atoms with van der Waals surface area (Å²) in [6.07, 6.45) is 1.46. The molecule has 0 spiro atoms. The van der Waals surface area contributed by atoms with Gasteiger partial charge in [-0.2, -0.15) is 0 Å². The lowest BCUT2D eigenvalue weighted by Crippen LogP contribution is -2.49. The highest BCUT2D eigenvalue weighted by Crippen LogP contribution is 2.31. The number of fused-ring (bicyclic) bond motifs is 1. The van der Waals surface area contributed by atoms with Crippen LogP contribution in [0.25, 0.3) is 0 Å². The number of aryl methyl sites for hydroxylation is 1. The molecule has 3 rings (SSSR count). The van der Waals surface area contributed by atoms with Gasteiger partial charge in [-0.1, -0.05) is 43.3 Å². The Labute approximate surface area is 178 Å². The van der Waals surface area contributed by atoms with Crippen molar-refractivity contribution in [3.8, 4) is 11.5 Å². The lowest BCUT2D eigenvalue weighted by Gasteiger charge is -2.30. The maximum Gasteiger partial charge on any atom is 0.242 e. The number of hydrogen-bond acceptors (Lipinski definition) is 4. The van der Waals surface area contributed by atoms with Crippen LogP contribution in [0.4, 0.5) is 0 Å². The molecule has 0 bridgehead atoms. The molecule has 30 heavy (non-hydrogen) atoms. The van der Waals surface area contributed by atoms with Crippen molar-refractivity contribution in [2.24, 2.45) is 0 Å². The summed E-state index contributed by atoms with van der Waals surface area (Å²) in [4.78, 5) is 27.5. The summed E-state index contributed by atoms with van der Waals surface area (Å²) in [5.74, 6) is 1.32. The van der Waals surface area contributed by atoms with Crippen LogP contribution in [0.1, 0.15) is 37.8 Å². The van der Waals surface area contributed by atoms with Gasteiger partial charge in [0.2, 0.25) is 11.8 Å². The van der Waals surface area contributed by atoms with E-state index in [0.29, 0.717) is 45.6 Å². The Morgan fingerprint density at radius 2 is 1.73 bits per heavy atom. The van der Waals surface area contributed by atoms with E-state index < -0.39 is 6.04 Å². The molecule has 0 aliphatic carbocycles. The predicted molar refractivity (Wildman–Crippen MR) is 116 cm³/mol. The van der Waals surface area contributed by atoms with E-state index in [1.54, 1.807) is 4.90 Å². The zero-order valence-electron chi connectivity index (χ0n) is 17.7. The first-order valence-electron chi connectivity index (χ1n) is 10.6. The summed E-state index contributed by atoms with van der Waals surface area (Å²) in [6.45, 7) is 5.86. The van der Waals surface area contributed by atoms with Gasteiger partial charge in [0.25, 0.3) is 0 Å². The van der Waals surface area contributed by atoms with Gasteiger partial charge in [-0.05, 0) is 43.0 Å². The fourth-order valence-corrected chi connectivity index (χ4v) is 3.63. The van der Waals surface area contributed by atoms with E-state index in [2.05, 4.69) is 5.32 Å². The smallest absolute Gasteiger partial charge is 0.242 e. The van der Waals surface area contributed by atoms with Crippen LogP contribution in [0, 0.1) is 0 Å². The number of carbonyl (C=O) groups is 2. The number of nitrogens with one attached hydrogen (secondary N) is 1. The van der Waals surface area contributed by atoms with Gasteiger partial charge in [0.05, 0.1) is 0 Å². The molecule has 1 N–H and O–H groups in total. The van der Waals surface area contributed by atoms with E-state index >= 15 is 0 Å². The van der Waals surface area contributed by atoms with Crippen molar-refractivity contribution in [3.05, 3.63) is 59.7 Å². The van der Waals surface area contributed by atoms with Crippen molar-refractivity contribution in [3.63, 3.8) is 0 Å². The minimum atomic E-state index is -0.488. The first-order chi connectivity index (χ1) is 14.6. The molecule has 0 radical (unpaired) electrons. The molecule has 160 valence electrons. The molecule has 6 nitrogen and oxygen atoms in total. The van der Waals surface area contributed by atoms with Gasteiger partial charge >= 0.3 is 0 Å². The fourth-order valence-electron chi connectivity index (χ4n) is 3.63. The van der Waals surface area contributed by atoms with Crippen molar-refractivity contribution < 1.29 is 19.1 Å². The molecule has 2 aromatic rings. The van der Waals surface area contributed by atoms with E-state index in [-0.39, 0.29) is 11.8 Å². The number of ether oxygens (including phenoxy) is 2. The third-order valence-electron chi connectivity index (χ3n) is 5.17. The van der Waals surface area contributed by atoms with E-state index in [0.717, 1.165) is 22.6 Å². The summed E-state index contributed by atoms with van der Waals surface area (Å²) in [5, 5.41) is 2.86. The Hall–Kier alpha value is -3.02. The largest absolute Gasteiger partial charge is 0.486 e. The molecule has 1 atom stereocenters. The van der Waals surface area contributed by atoms with Crippen molar-refractivity contribution in [2.75, 3.05) is 19.8 Å². The Bertz CT molecular complexity index is 854. The molecule has 2 amide bonds. The Kier molecular flexibility index (Phi) is 7.71. The second-order valence-electron chi connectivity index (χ2n) is 7.30. The Morgan fingerprint density at radius 1 is 1.00 bits per heavy atom. The number of nitrogens with zero attached hydrogens (tertiary/aromatic N) is 1. The zero-order chi connectivity index (χ0) is 21.3. The van der Waals surface area contributed by atoms with Crippen molar-refractivity contribution in [2.45, 2.75) is 45.7 Å². The highest BCUT2D eigenvalue weighted by atomic mass is 16.6. The van der Waals surface area contributed by atoms with Crippen LogP contribution in [0.15, 0.2) is 48.5 Å². The zero-order valence-corrected chi connectivity index (χ0v) is 17.7. The minimum absolute atomic E-state index is 0.0353. The molecule has 6 heteroatoms. The van der Waals surface area contributed by atoms with Gasteiger partial charge in [-0.3, -0.25) is 9.59 Å². The Morgan fingerprint density at radius 3 is 2.43 bits per heavy atom. The van der Waals surface area contributed by atoms with E-state index in [4.69, 9.17) is 9.47 Å². The molecular weight excluding hydrogens is 380 g/mol. The molecule has 0 saturated heterocycles. The van der Waals surface area contributed by atoms with Gasteiger partial charge in [-0.25, -0.2) is 0 Å². The summed E-state index contributed by atoms with van der Waals surface area (Å²) in [5.41, 5.74) is 2.02. The molecule has 0 aromatic heterocycles. The maximum atomic E-state index is 13.2. The van der Waals surface area contributed by atoms with Crippen LogP contribution in [-0.4, -0.2) is 42.5 Å². The monoisotopic (exact) mass is 410 g/mol. The number of rotatable bonds is 9. The average Bonchev–Trinajstić information content (AvgIpc) is 2.78. The topological polar surface area (TPSA) is 67.9 Å². The molecule has 0 saturated carbocycles. The van der Waals surface area contributed by atoms with Crippen LogP contribution in [0.3, 0.4) is 0 Å². The summed E-state index contributed by atoms with van der Waals surface area (Å²) >= 11 is 0. The van der Waals surface area contributed by atoms with Crippen molar-refractivity contribution in [1.29, 1.82) is 0 Å². The normalized spacial score (nSPS) is 13.4. The molecule has 1 heterocycles. The minimum Gasteiger partial charge on any atom is -0.486 e. The molecule has 1 unspecified atom stereocenters. The van der Waals surface area contributed by atoms with E-state index in [9.17, 15) is 9.59 Å². The van der Waals surface area contributed by atoms with Crippen molar-refractivity contribution >= 4 is 11.8 Å². The van der Waals surface area contributed by atoms with Gasteiger partial charge in [0, 0.05) is 19.5 Å². The number of likely N-dealkylation sites (N-methyl/N-ethyl adjacent to an activating group) is 1. The quantitative estimate of drug-likeness (QED) is 0.689. The highest BCUT2D eigenvalue weighted by molar-refractivity contribution is 5.87. The highest BCUT2D eigenvalue weighted by Gasteiger charge is 2.28. The summed E-state index contributed by atoms with van der Waals surface area (Å²) in [7, 11) is 0. The van der Waals surface area contributed by atoms with Gasteiger partial charge in [0.15, 0.2) is 11.5 Å². The van der Waals surface area contributed by atoms with Crippen LogP contribution in [0.2, 0.25) is 0 Å². The van der Waals surface area contributed by atoms with Crippen molar-refractivity contribution in [1.82, 2.24) is 10.2 Å². The van der Waals surface area contributed by atoms with E-state index in [1.807, 2.05) is 62.4 Å². The molecular formula is C24H30N2O4. The maximum absolute atomic E-state index is 13.2. The molecule has 1 aliphatic rings. The van der Waals surface area contributed by atoms with Crippen LogP contribution >= 0.6 is 0 Å². The average molecular weight is 411 g/mol. The number of carbonyl (C=O) groups excluding carboxylic acids is 2. The number of benzene rings is 2. The standard InChI is InChI=1S/C24H30N2O4/c1-3-20(24(28)25-4-2)26(17-19-8-6-5-7-9-19)23(27)13-11-18-10-12-21-22(16-18)30-15-14-29-21/h5-10,12,16,20H,3-4,11,13-15,17H2,1-2H3,(H,25,28). The lowest BCUT2D eigenvalue weighted by molar-refractivity contribution is -0.141. The SMILES string of the molecule is CCNC(=O)C(CC)N(Cc1ccccc1)C(=O)CCc1ccc2c(c1)OCCO2. The van der Waals surface area contributed by atoms with Crippen LogP contribution < -0.4 is 14.8 Å². The van der Waals surface area contributed by atoms with Crippen LogP contribution in [0.5, 0.6) is 11.5 Å². The first-order valence-corrected chi connectivity index (χ1v) is 10.6. The van der Waals surface area contributed by atoms with Gasteiger partial charge in [0.1, 0.15) is 19.3 Å². The third-order valence-corrected chi connectivity index (χ3v) is 5.17. The second-order valence-corrected chi connectivity index (χ2v) is 7.30. The van der Waals surface area contributed by atoms with Gasteiger partial charge < -0.3 is 19.7 Å². The van der Waals surface area contributed by atoms with E-state index in [1.165, 1.54) is 0 Å². The molecule has 0 fully saturated rings. The fraction of sp³-hybridized carbons (Fsp3) is 0.417. The first kappa shape index (κ1) is 21.7. The number of hydrogen-bond donors (Lipinski definition) is 1. The number of amides is 2. The second kappa shape index (κ2) is 10.7. The summed E-state index contributed by atoms with van der Waals surface area (Å²) < 4.78 is 11.2. The molecule has 2 aromatic carbocycles. The third kappa shape index (κ3) is 5.53. The lowest BCUT2D eigenvalue weighted by atomic mass is 10.1. The predicted octanol–water partition coefficient (Wildman–Crippen LogP) is 3.33. The van der Waals surface area contributed by atoms with Crippen LogP contribution in [-0.2, 0) is 22.6 Å². The van der Waals surface area contributed by atoms with Gasteiger partial charge in [-0.15, -0.1) is 0 Å². The molecule has 1 aliphatic heterocycles. The Balaban J connectivity index is 1.73.